The fourth-order valence-corrected chi connectivity index (χ4v) is 3.84. The molecule has 1 radical (unpaired) electrons. The standard InChI is InChI=1S/C17H19O2/c1-16(2)14-8-9-17(16,3)15(19)13(14)10-11-4-6-12(18)7-5-11/h4-7,10,14H,8-9H2,1-3H3. The lowest BCUT2D eigenvalue weighted by molar-refractivity contribution is -0.125. The maximum Gasteiger partial charge on any atom is 0.178 e. The van der Waals surface area contributed by atoms with E-state index in [0.29, 0.717) is 11.7 Å². The predicted octanol–water partition coefficient (Wildman–Crippen LogP) is 4.24. The topological polar surface area (TPSA) is 37.0 Å². The molecule has 2 atom stereocenters. The molecule has 0 aromatic heterocycles. The van der Waals surface area contributed by atoms with Crippen molar-refractivity contribution in [2.24, 2.45) is 16.7 Å². The summed E-state index contributed by atoms with van der Waals surface area (Å²) < 4.78 is 0. The van der Waals surface area contributed by atoms with Crippen LogP contribution in [0.5, 0.6) is 5.75 Å². The van der Waals surface area contributed by atoms with Crippen molar-refractivity contribution in [1.82, 2.24) is 0 Å². The smallest absolute Gasteiger partial charge is 0.178 e. The third-order valence-electron chi connectivity index (χ3n) is 5.57. The molecule has 0 heterocycles. The third-order valence-corrected chi connectivity index (χ3v) is 5.57. The lowest BCUT2D eigenvalue weighted by atomic mass is 9.70. The SMILES string of the molecule is CC12CCC(C(=Cc3ccc([O])cc3)C1=O)C2(C)C. The fourth-order valence-electron chi connectivity index (χ4n) is 3.84. The van der Waals surface area contributed by atoms with Crippen LogP contribution in [0.25, 0.3) is 6.08 Å². The first-order chi connectivity index (χ1) is 8.86. The van der Waals surface area contributed by atoms with E-state index in [1.54, 1.807) is 24.3 Å². The van der Waals surface area contributed by atoms with Gasteiger partial charge in [0.1, 0.15) is 0 Å². The summed E-state index contributed by atoms with van der Waals surface area (Å²) in [5.74, 6) is 0.672. The molecule has 0 amide bonds. The van der Waals surface area contributed by atoms with E-state index in [9.17, 15) is 9.90 Å². The first-order valence-electron chi connectivity index (χ1n) is 6.90. The highest BCUT2D eigenvalue weighted by Crippen LogP contribution is 2.65. The Balaban J connectivity index is 2.04. The van der Waals surface area contributed by atoms with Crippen molar-refractivity contribution >= 4 is 11.9 Å². The Morgan fingerprint density at radius 1 is 1.16 bits per heavy atom. The van der Waals surface area contributed by atoms with Crippen LogP contribution in [0.3, 0.4) is 0 Å². The van der Waals surface area contributed by atoms with Gasteiger partial charge in [-0.05, 0) is 53.5 Å². The van der Waals surface area contributed by atoms with Crippen LogP contribution >= 0.6 is 0 Å². The van der Waals surface area contributed by atoms with Gasteiger partial charge in [-0.1, -0.05) is 32.9 Å². The van der Waals surface area contributed by atoms with Crippen LogP contribution in [0, 0.1) is 16.7 Å². The molecule has 2 fully saturated rings. The quantitative estimate of drug-likeness (QED) is 0.691. The lowest BCUT2D eigenvalue weighted by Gasteiger charge is -2.31. The zero-order valence-corrected chi connectivity index (χ0v) is 11.7. The molecule has 0 spiro atoms. The second-order valence-corrected chi connectivity index (χ2v) is 6.64. The molecule has 19 heavy (non-hydrogen) atoms. The Morgan fingerprint density at radius 2 is 1.79 bits per heavy atom. The predicted molar refractivity (Wildman–Crippen MR) is 74.2 cm³/mol. The van der Waals surface area contributed by atoms with Gasteiger partial charge in [0, 0.05) is 5.41 Å². The Bertz CT molecular complexity index is 565. The van der Waals surface area contributed by atoms with Crippen LogP contribution in [0.4, 0.5) is 0 Å². The summed E-state index contributed by atoms with van der Waals surface area (Å²) >= 11 is 0. The van der Waals surface area contributed by atoms with Gasteiger partial charge >= 0.3 is 0 Å². The number of carbonyl (C=O) groups excluding carboxylic acids is 1. The first kappa shape index (κ1) is 12.5. The monoisotopic (exact) mass is 255 g/mol. The van der Waals surface area contributed by atoms with E-state index < -0.39 is 0 Å². The molecule has 2 nitrogen and oxygen atoms in total. The fraction of sp³-hybridized carbons (Fsp3) is 0.471. The van der Waals surface area contributed by atoms with Crippen LogP contribution in [0.15, 0.2) is 29.8 Å². The van der Waals surface area contributed by atoms with Crippen LogP contribution in [-0.4, -0.2) is 5.78 Å². The maximum absolute atomic E-state index is 12.6. The van der Waals surface area contributed by atoms with Crippen LogP contribution < -0.4 is 0 Å². The Kier molecular flexibility index (Phi) is 2.44. The van der Waals surface area contributed by atoms with Crippen molar-refractivity contribution in [3.63, 3.8) is 0 Å². The van der Waals surface area contributed by atoms with Crippen molar-refractivity contribution in [1.29, 1.82) is 0 Å². The number of hydrogen-bond donors (Lipinski definition) is 0. The summed E-state index contributed by atoms with van der Waals surface area (Å²) in [5.41, 5.74) is 1.75. The third kappa shape index (κ3) is 1.52. The lowest BCUT2D eigenvalue weighted by Crippen LogP contribution is -2.32. The van der Waals surface area contributed by atoms with Gasteiger partial charge in [-0.2, -0.15) is 0 Å². The summed E-state index contributed by atoms with van der Waals surface area (Å²) in [4.78, 5) is 12.6. The molecule has 2 saturated carbocycles. The van der Waals surface area contributed by atoms with Gasteiger partial charge in [0.2, 0.25) is 0 Å². The summed E-state index contributed by atoms with van der Waals surface area (Å²) in [6, 6.07) is 6.70. The van der Waals surface area contributed by atoms with E-state index in [4.69, 9.17) is 0 Å². The van der Waals surface area contributed by atoms with Gasteiger partial charge in [-0.3, -0.25) is 9.90 Å². The molecule has 2 aliphatic carbocycles. The zero-order valence-electron chi connectivity index (χ0n) is 11.7. The highest BCUT2D eigenvalue weighted by Gasteiger charge is 2.63. The molecule has 1 aromatic carbocycles. The average molecular weight is 255 g/mol. The van der Waals surface area contributed by atoms with Gasteiger partial charge < -0.3 is 0 Å². The number of benzene rings is 1. The molecular weight excluding hydrogens is 236 g/mol. The zero-order chi connectivity index (χ0) is 13.8. The van der Waals surface area contributed by atoms with Gasteiger partial charge in [0.05, 0.1) is 0 Å². The van der Waals surface area contributed by atoms with Gasteiger partial charge in [0.15, 0.2) is 11.5 Å². The first-order valence-corrected chi connectivity index (χ1v) is 6.90. The van der Waals surface area contributed by atoms with E-state index in [2.05, 4.69) is 20.8 Å². The second-order valence-electron chi connectivity index (χ2n) is 6.64. The molecule has 1 aromatic rings. The van der Waals surface area contributed by atoms with E-state index >= 15 is 0 Å². The van der Waals surface area contributed by atoms with Gasteiger partial charge in [-0.25, -0.2) is 0 Å². The van der Waals surface area contributed by atoms with Crippen LogP contribution in [-0.2, 0) is 9.90 Å². The second kappa shape index (κ2) is 3.72. The molecule has 2 heteroatoms. The van der Waals surface area contributed by atoms with Crippen molar-refractivity contribution in [2.75, 3.05) is 0 Å². The van der Waals surface area contributed by atoms with Crippen molar-refractivity contribution < 1.29 is 9.90 Å². The van der Waals surface area contributed by atoms with Gasteiger partial charge in [0.25, 0.3) is 0 Å². The maximum atomic E-state index is 12.6. The largest absolute Gasteiger partial charge is 0.294 e. The van der Waals surface area contributed by atoms with Crippen molar-refractivity contribution in [3.05, 3.63) is 35.4 Å². The molecule has 99 valence electrons. The highest BCUT2D eigenvalue weighted by molar-refractivity contribution is 6.07. The minimum Gasteiger partial charge on any atom is -0.294 e. The molecule has 0 aliphatic heterocycles. The molecule has 0 N–H and O–H groups in total. The summed E-state index contributed by atoms with van der Waals surface area (Å²) in [5, 5.41) is 11.1. The van der Waals surface area contributed by atoms with Crippen LogP contribution in [0.2, 0.25) is 0 Å². The number of rotatable bonds is 1. The highest BCUT2D eigenvalue weighted by atomic mass is 16.3. The van der Waals surface area contributed by atoms with Crippen molar-refractivity contribution in [2.45, 2.75) is 33.6 Å². The normalized spacial score (nSPS) is 34.2. The molecule has 0 saturated heterocycles. The van der Waals surface area contributed by atoms with E-state index in [1.807, 2.05) is 6.08 Å². The Labute approximate surface area is 114 Å². The number of Topliss-reactive ketones (excluding diaryl/α,β-unsaturated/α-hetero) is 1. The molecular formula is C17H19O2. The summed E-state index contributed by atoms with van der Waals surface area (Å²) in [6.07, 6.45) is 4.08. The molecule has 3 rings (SSSR count). The minimum atomic E-state index is -0.206. The van der Waals surface area contributed by atoms with Crippen molar-refractivity contribution in [3.8, 4) is 5.75 Å². The molecule has 2 unspecified atom stereocenters. The van der Waals surface area contributed by atoms with E-state index in [1.165, 1.54) is 0 Å². The molecule has 2 bridgehead atoms. The Morgan fingerprint density at radius 3 is 2.32 bits per heavy atom. The van der Waals surface area contributed by atoms with E-state index in [0.717, 1.165) is 24.0 Å². The summed E-state index contributed by atoms with van der Waals surface area (Å²) in [6.45, 7) is 6.53. The minimum absolute atomic E-state index is 0.00807. The van der Waals surface area contributed by atoms with Gasteiger partial charge in [-0.15, -0.1) is 0 Å². The number of fused-ring (bicyclic) bond motifs is 2. The average Bonchev–Trinajstić information content (AvgIpc) is 2.66. The number of carbonyl (C=O) groups is 1. The van der Waals surface area contributed by atoms with E-state index in [-0.39, 0.29) is 16.6 Å². The summed E-state index contributed by atoms with van der Waals surface area (Å²) in [7, 11) is 0. The molecule has 2 aliphatic rings. The number of hydrogen-bond acceptors (Lipinski definition) is 1. The number of allylic oxidation sites excluding steroid dienone is 1. The van der Waals surface area contributed by atoms with Crippen LogP contribution in [0.1, 0.15) is 39.2 Å². The Hall–Kier alpha value is -1.57. The number of ketones is 1.